The third kappa shape index (κ3) is 2.28. The fourth-order valence-electron chi connectivity index (χ4n) is 1.96. The van der Waals surface area contributed by atoms with Gasteiger partial charge < -0.3 is 5.32 Å². The molecule has 0 bridgehead atoms. The predicted octanol–water partition coefficient (Wildman–Crippen LogP) is 2.33. The zero-order chi connectivity index (χ0) is 11.0. The summed E-state index contributed by atoms with van der Waals surface area (Å²) in [4.78, 5) is 5.72. The first kappa shape index (κ1) is 10.3. The van der Waals surface area contributed by atoms with Crippen molar-refractivity contribution in [2.45, 2.75) is 32.2 Å². The standard InChI is InChI=1S/C12H17N3S/c1-9(7-13-10-2-3-10)6-11-8-15-4-5-16-12(15)14-11/h4-5,8-10,13H,2-3,6-7H2,1H3. The lowest BCUT2D eigenvalue weighted by Crippen LogP contribution is -2.24. The van der Waals surface area contributed by atoms with Crippen LogP contribution in [-0.2, 0) is 6.42 Å². The largest absolute Gasteiger partial charge is 0.314 e. The molecule has 2 aromatic heterocycles. The average molecular weight is 235 g/mol. The first-order valence-electron chi connectivity index (χ1n) is 5.96. The summed E-state index contributed by atoms with van der Waals surface area (Å²) in [5, 5.41) is 5.65. The van der Waals surface area contributed by atoms with E-state index in [4.69, 9.17) is 0 Å². The molecule has 1 aliphatic rings. The van der Waals surface area contributed by atoms with Gasteiger partial charge in [-0.2, -0.15) is 0 Å². The lowest BCUT2D eigenvalue weighted by Gasteiger charge is -2.10. The number of nitrogens with zero attached hydrogens (tertiary/aromatic N) is 2. The number of fused-ring (bicyclic) bond motifs is 1. The summed E-state index contributed by atoms with van der Waals surface area (Å²) in [7, 11) is 0. The third-order valence-corrected chi connectivity index (χ3v) is 3.80. The topological polar surface area (TPSA) is 29.3 Å². The van der Waals surface area contributed by atoms with E-state index in [0.29, 0.717) is 5.92 Å². The van der Waals surface area contributed by atoms with Gasteiger partial charge >= 0.3 is 0 Å². The highest BCUT2D eigenvalue weighted by Gasteiger charge is 2.21. The third-order valence-electron chi connectivity index (χ3n) is 3.03. The van der Waals surface area contributed by atoms with Crippen molar-refractivity contribution in [1.29, 1.82) is 0 Å². The Hall–Kier alpha value is -0.870. The predicted molar refractivity (Wildman–Crippen MR) is 67.0 cm³/mol. The first-order valence-corrected chi connectivity index (χ1v) is 6.83. The molecule has 0 spiro atoms. The van der Waals surface area contributed by atoms with E-state index in [-0.39, 0.29) is 0 Å². The van der Waals surface area contributed by atoms with Crippen molar-refractivity contribution in [2.75, 3.05) is 6.54 Å². The van der Waals surface area contributed by atoms with Gasteiger partial charge in [0.1, 0.15) is 0 Å². The van der Waals surface area contributed by atoms with Gasteiger partial charge in [-0.1, -0.05) is 6.92 Å². The molecule has 0 aromatic carbocycles. The van der Waals surface area contributed by atoms with Gasteiger partial charge in [0.25, 0.3) is 0 Å². The van der Waals surface area contributed by atoms with Crippen molar-refractivity contribution in [3.05, 3.63) is 23.5 Å². The second-order valence-electron chi connectivity index (χ2n) is 4.82. The van der Waals surface area contributed by atoms with Crippen LogP contribution >= 0.6 is 11.3 Å². The van der Waals surface area contributed by atoms with E-state index < -0.39 is 0 Å². The van der Waals surface area contributed by atoms with Crippen LogP contribution in [0.5, 0.6) is 0 Å². The van der Waals surface area contributed by atoms with E-state index in [1.165, 1.54) is 18.5 Å². The van der Waals surface area contributed by atoms with Crippen molar-refractivity contribution in [2.24, 2.45) is 5.92 Å². The molecule has 0 saturated heterocycles. The van der Waals surface area contributed by atoms with Crippen LogP contribution in [0.3, 0.4) is 0 Å². The fraction of sp³-hybridized carbons (Fsp3) is 0.583. The number of imidazole rings is 1. The number of hydrogen-bond donors (Lipinski definition) is 1. The Labute approximate surface area is 99.5 Å². The Morgan fingerprint density at radius 1 is 1.62 bits per heavy atom. The van der Waals surface area contributed by atoms with E-state index in [1.807, 2.05) is 0 Å². The van der Waals surface area contributed by atoms with E-state index in [9.17, 15) is 0 Å². The van der Waals surface area contributed by atoms with Crippen LogP contribution in [-0.4, -0.2) is 22.0 Å². The van der Waals surface area contributed by atoms with E-state index >= 15 is 0 Å². The Balaban J connectivity index is 1.58. The van der Waals surface area contributed by atoms with Gasteiger partial charge in [-0.25, -0.2) is 4.98 Å². The lowest BCUT2D eigenvalue weighted by molar-refractivity contribution is 0.505. The molecule has 1 saturated carbocycles. The molecule has 4 heteroatoms. The average Bonchev–Trinajstić information content (AvgIpc) is 2.86. The Kier molecular flexibility index (Phi) is 2.69. The van der Waals surface area contributed by atoms with Crippen molar-refractivity contribution < 1.29 is 0 Å². The molecular formula is C12H17N3S. The fourth-order valence-corrected chi connectivity index (χ4v) is 2.68. The highest BCUT2D eigenvalue weighted by molar-refractivity contribution is 7.15. The summed E-state index contributed by atoms with van der Waals surface area (Å²) in [6.07, 6.45) is 8.04. The number of aromatic nitrogens is 2. The number of rotatable bonds is 5. The van der Waals surface area contributed by atoms with Gasteiger partial charge in [0.2, 0.25) is 0 Å². The maximum Gasteiger partial charge on any atom is 0.193 e. The molecule has 1 atom stereocenters. The summed E-state index contributed by atoms with van der Waals surface area (Å²) in [6.45, 7) is 3.42. The molecule has 0 aliphatic heterocycles. The minimum Gasteiger partial charge on any atom is -0.314 e. The monoisotopic (exact) mass is 235 g/mol. The minimum absolute atomic E-state index is 0.671. The first-order chi connectivity index (χ1) is 7.81. The van der Waals surface area contributed by atoms with Gasteiger partial charge in [0, 0.05) is 23.8 Å². The van der Waals surface area contributed by atoms with Crippen LogP contribution in [0.1, 0.15) is 25.5 Å². The van der Waals surface area contributed by atoms with Gasteiger partial charge in [-0.05, 0) is 31.7 Å². The maximum atomic E-state index is 4.61. The molecule has 1 fully saturated rings. The molecule has 16 heavy (non-hydrogen) atoms. The summed E-state index contributed by atoms with van der Waals surface area (Å²) in [5.74, 6) is 0.671. The van der Waals surface area contributed by atoms with Crippen molar-refractivity contribution >= 4 is 16.3 Å². The Morgan fingerprint density at radius 3 is 3.25 bits per heavy atom. The quantitative estimate of drug-likeness (QED) is 0.862. The second-order valence-corrected chi connectivity index (χ2v) is 5.69. The molecule has 3 rings (SSSR count). The molecule has 1 aliphatic carbocycles. The minimum atomic E-state index is 0.671. The SMILES string of the molecule is CC(CNC1CC1)Cc1cn2ccsc2n1. The van der Waals surface area contributed by atoms with Gasteiger partial charge in [-0.15, -0.1) is 11.3 Å². The summed E-state index contributed by atoms with van der Waals surface area (Å²) in [5.41, 5.74) is 1.22. The van der Waals surface area contributed by atoms with Crippen LogP contribution in [0, 0.1) is 5.92 Å². The van der Waals surface area contributed by atoms with Crippen LogP contribution in [0.4, 0.5) is 0 Å². The smallest absolute Gasteiger partial charge is 0.193 e. The molecule has 2 heterocycles. The molecular weight excluding hydrogens is 218 g/mol. The van der Waals surface area contributed by atoms with Crippen LogP contribution in [0.25, 0.3) is 4.96 Å². The number of nitrogens with one attached hydrogen (secondary N) is 1. The van der Waals surface area contributed by atoms with Crippen molar-refractivity contribution in [3.8, 4) is 0 Å². The summed E-state index contributed by atoms with van der Waals surface area (Å²) < 4.78 is 2.11. The van der Waals surface area contributed by atoms with Crippen molar-refractivity contribution in [3.63, 3.8) is 0 Å². The maximum absolute atomic E-state index is 4.61. The van der Waals surface area contributed by atoms with Crippen LogP contribution < -0.4 is 5.32 Å². The van der Waals surface area contributed by atoms with Crippen LogP contribution in [0.15, 0.2) is 17.8 Å². The Morgan fingerprint density at radius 2 is 2.50 bits per heavy atom. The molecule has 1 unspecified atom stereocenters. The molecule has 2 aromatic rings. The Bertz CT molecular complexity index is 441. The molecule has 3 nitrogen and oxygen atoms in total. The highest BCUT2D eigenvalue weighted by atomic mass is 32.1. The van der Waals surface area contributed by atoms with E-state index in [0.717, 1.165) is 24.0 Å². The van der Waals surface area contributed by atoms with Crippen molar-refractivity contribution in [1.82, 2.24) is 14.7 Å². The molecule has 86 valence electrons. The highest BCUT2D eigenvalue weighted by Crippen LogP contribution is 2.19. The number of hydrogen-bond acceptors (Lipinski definition) is 3. The zero-order valence-electron chi connectivity index (χ0n) is 9.52. The zero-order valence-corrected chi connectivity index (χ0v) is 10.3. The van der Waals surface area contributed by atoms with Crippen LogP contribution in [0.2, 0.25) is 0 Å². The molecule has 0 radical (unpaired) electrons. The van der Waals surface area contributed by atoms with Gasteiger partial charge in [0.15, 0.2) is 4.96 Å². The van der Waals surface area contributed by atoms with Gasteiger partial charge in [-0.3, -0.25) is 4.40 Å². The van der Waals surface area contributed by atoms with E-state index in [1.54, 1.807) is 11.3 Å². The number of thiazole rings is 1. The molecule has 1 N–H and O–H groups in total. The second kappa shape index (κ2) is 4.18. The van der Waals surface area contributed by atoms with Gasteiger partial charge in [0.05, 0.1) is 5.69 Å². The normalized spacial score (nSPS) is 18.1. The summed E-state index contributed by atoms with van der Waals surface area (Å²) >= 11 is 1.70. The lowest BCUT2D eigenvalue weighted by atomic mass is 10.1. The molecule has 0 amide bonds. The van der Waals surface area contributed by atoms with E-state index in [2.05, 4.69) is 39.4 Å². The summed E-state index contributed by atoms with van der Waals surface area (Å²) in [6, 6.07) is 0.813.